The molecule has 3 N–H and O–H groups in total. The first-order valence-electron chi connectivity index (χ1n) is 4.40. The third kappa shape index (κ3) is 3.19. The molecule has 0 radical (unpaired) electrons. The number of hydrogen-bond acceptors (Lipinski definition) is 3. The minimum absolute atomic E-state index is 0.176. The summed E-state index contributed by atoms with van der Waals surface area (Å²) in [5, 5.41) is 9.54. The number of benzene rings is 1. The summed E-state index contributed by atoms with van der Waals surface area (Å²) in [4.78, 5) is 1.10. The second kappa shape index (κ2) is 5.05. The molecule has 0 bridgehead atoms. The van der Waals surface area contributed by atoms with Crippen LogP contribution in [-0.4, -0.2) is 16.5 Å². The van der Waals surface area contributed by atoms with E-state index >= 15 is 0 Å². The van der Waals surface area contributed by atoms with E-state index in [0.29, 0.717) is 0 Å². The number of nitrogen functional groups attached to an aromatic ring is 1. The van der Waals surface area contributed by atoms with Crippen molar-refractivity contribution in [3.8, 4) is 0 Å². The van der Waals surface area contributed by atoms with Crippen molar-refractivity contribution in [1.29, 1.82) is 0 Å². The predicted molar refractivity (Wildman–Crippen MR) is 65.6 cm³/mol. The Balaban J connectivity index is 2.77. The van der Waals surface area contributed by atoms with Gasteiger partial charge in [-0.25, -0.2) is 0 Å². The molecule has 14 heavy (non-hydrogen) atoms. The molecule has 0 aliphatic heterocycles. The van der Waals surface area contributed by atoms with E-state index in [2.05, 4.69) is 15.9 Å². The molecule has 78 valence electrons. The van der Waals surface area contributed by atoms with Gasteiger partial charge in [0, 0.05) is 20.3 Å². The quantitative estimate of drug-likeness (QED) is 0.659. The first-order chi connectivity index (χ1) is 6.50. The van der Waals surface area contributed by atoms with Gasteiger partial charge in [0.2, 0.25) is 0 Å². The van der Waals surface area contributed by atoms with Gasteiger partial charge in [0.15, 0.2) is 0 Å². The maximum absolute atomic E-state index is 9.37. The van der Waals surface area contributed by atoms with Crippen LogP contribution in [0.4, 0.5) is 5.69 Å². The lowest BCUT2D eigenvalue weighted by molar-refractivity contribution is 0.196. The van der Waals surface area contributed by atoms with E-state index in [1.54, 1.807) is 18.7 Å². The third-order valence-corrected chi connectivity index (χ3v) is 4.24. The summed E-state index contributed by atoms with van der Waals surface area (Å²) in [6.07, 6.45) is -0.315. The Morgan fingerprint density at radius 3 is 2.57 bits per heavy atom. The second-order valence-electron chi connectivity index (χ2n) is 3.25. The third-order valence-electron chi connectivity index (χ3n) is 1.95. The van der Waals surface area contributed by atoms with Crippen molar-refractivity contribution in [1.82, 2.24) is 0 Å². The second-order valence-corrected chi connectivity index (χ2v) is 5.53. The summed E-state index contributed by atoms with van der Waals surface area (Å²) in [6.45, 7) is 3.79. The molecule has 1 aromatic carbocycles. The van der Waals surface area contributed by atoms with Gasteiger partial charge in [-0.2, -0.15) is 0 Å². The Hall–Kier alpha value is -0.190. The standard InChI is InChI=1S/C10H14BrNOS/c1-6(13)7(2)14-10-4-3-8(12)5-9(10)11/h3-7,13H,12H2,1-2H3. The highest BCUT2D eigenvalue weighted by atomic mass is 79.9. The lowest BCUT2D eigenvalue weighted by Gasteiger charge is -2.15. The molecule has 0 spiro atoms. The van der Waals surface area contributed by atoms with Crippen LogP contribution in [0.25, 0.3) is 0 Å². The number of anilines is 1. The van der Waals surface area contributed by atoms with Gasteiger partial charge in [0.25, 0.3) is 0 Å². The van der Waals surface area contributed by atoms with Crippen molar-refractivity contribution in [3.05, 3.63) is 22.7 Å². The van der Waals surface area contributed by atoms with Gasteiger partial charge in [-0.15, -0.1) is 11.8 Å². The van der Waals surface area contributed by atoms with E-state index in [-0.39, 0.29) is 11.4 Å². The molecule has 0 aliphatic rings. The van der Waals surface area contributed by atoms with Gasteiger partial charge < -0.3 is 10.8 Å². The fourth-order valence-electron chi connectivity index (χ4n) is 0.911. The molecule has 0 amide bonds. The fourth-order valence-corrected chi connectivity index (χ4v) is 2.50. The average molecular weight is 276 g/mol. The first-order valence-corrected chi connectivity index (χ1v) is 6.07. The highest BCUT2D eigenvalue weighted by Gasteiger charge is 2.12. The number of aliphatic hydroxyl groups excluding tert-OH is 1. The fraction of sp³-hybridized carbons (Fsp3) is 0.400. The molecular weight excluding hydrogens is 262 g/mol. The van der Waals surface area contributed by atoms with Gasteiger partial charge in [0.1, 0.15) is 0 Å². The lowest BCUT2D eigenvalue weighted by Crippen LogP contribution is -2.14. The predicted octanol–water partition coefficient (Wildman–Crippen LogP) is 2.89. The van der Waals surface area contributed by atoms with E-state index < -0.39 is 0 Å². The van der Waals surface area contributed by atoms with Crippen LogP contribution >= 0.6 is 27.7 Å². The van der Waals surface area contributed by atoms with Crippen LogP contribution < -0.4 is 5.73 Å². The molecule has 0 heterocycles. The van der Waals surface area contributed by atoms with Gasteiger partial charge in [-0.3, -0.25) is 0 Å². The average Bonchev–Trinajstić information content (AvgIpc) is 2.09. The van der Waals surface area contributed by atoms with Crippen LogP contribution in [0.15, 0.2) is 27.6 Å². The minimum atomic E-state index is -0.315. The van der Waals surface area contributed by atoms with Gasteiger partial charge >= 0.3 is 0 Å². The normalized spacial score (nSPS) is 15.1. The topological polar surface area (TPSA) is 46.2 Å². The zero-order valence-corrected chi connectivity index (χ0v) is 10.6. The summed E-state index contributed by atoms with van der Waals surface area (Å²) >= 11 is 5.08. The van der Waals surface area contributed by atoms with E-state index in [0.717, 1.165) is 15.1 Å². The van der Waals surface area contributed by atoms with Crippen LogP contribution in [-0.2, 0) is 0 Å². The summed E-state index contributed by atoms with van der Waals surface area (Å²) < 4.78 is 0.981. The molecule has 0 saturated carbocycles. The smallest absolute Gasteiger partial charge is 0.0631 e. The van der Waals surface area contributed by atoms with E-state index in [1.165, 1.54) is 0 Å². The first kappa shape index (κ1) is 11.9. The Labute approximate surface area is 97.0 Å². The largest absolute Gasteiger partial charge is 0.399 e. The van der Waals surface area contributed by atoms with E-state index in [9.17, 15) is 5.11 Å². The van der Waals surface area contributed by atoms with E-state index in [4.69, 9.17) is 5.73 Å². The van der Waals surface area contributed by atoms with Crippen LogP contribution in [0.1, 0.15) is 13.8 Å². The maximum Gasteiger partial charge on any atom is 0.0631 e. The number of hydrogen-bond donors (Lipinski definition) is 2. The van der Waals surface area contributed by atoms with Crippen LogP contribution in [0.3, 0.4) is 0 Å². The summed E-state index contributed by atoms with van der Waals surface area (Å²) in [7, 11) is 0. The zero-order valence-electron chi connectivity index (χ0n) is 8.20. The summed E-state index contributed by atoms with van der Waals surface area (Å²) in [5.41, 5.74) is 6.37. The highest BCUT2D eigenvalue weighted by molar-refractivity contribution is 9.10. The van der Waals surface area contributed by atoms with E-state index in [1.807, 2.05) is 25.1 Å². The Morgan fingerprint density at radius 1 is 1.43 bits per heavy atom. The Bertz CT molecular complexity index is 317. The van der Waals surface area contributed by atoms with Crippen molar-refractivity contribution in [2.24, 2.45) is 0 Å². The zero-order chi connectivity index (χ0) is 10.7. The van der Waals surface area contributed by atoms with Crippen molar-refractivity contribution >= 4 is 33.4 Å². The molecule has 2 unspecified atom stereocenters. The number of nitrogens with two attached hydrogens (primary N) is 1. The molecule has 1 aromatic rings. The van der Waals surface area contributed by atoms with Crippen molar-refractivity contribution in [3.63, 3.8) is 0 Å². The molecule has 2 atom stereocenters. The van der Waals surface area contributed by atoms with Crippen LogP contribution in [0.2, 0.25) is 0 Å². The molecule has 0 fully saturated rings. The molecule has 4 heteroatoms. The van der Waals surface area contributed by atoms with Gasteiger partial charge in [-0.1, -0.05) is 6.92 Å². The number of rotatable bonds is 3. The molecule has 2 nitrogen and oxygen atoms in total. The van der Waals surface area contributed by atoms with Crippen LogP contribution in [0.5, 0.6) is 0 Å². The SMILES string of the molecule is CC(O)C(C)Sc1ccc(N)cc1Br. The maximum atomic E-state index is 9.37. The Morgan fingerprint density at radius 2 is 2.07 bits per heavy atom. The molecule has 1 rings (SSSR count). The molecule has 0 aliphatic carbocycles. The lowest BCUT2D eigenvalue weighted by atomic mass is 10.3. The van der Waals surface area contributed by atoms with Crippen molar-refractivity contribution in [2.45, 2.75) is 30.1 Å². The highest BCUT2D eigenvalue weighted by Crippen LogP contribution is 2.32. The van der Waals surface area contributed by atoms with Crippen molar-refractivity contribution in [2.75, 3.05) is 5.73 Å². The molecule has 0 saturated heterocycles. The molecular formula is C10H14BrNOS. The van der Waals surface area contributed by atoms with Crippen molar-refractivity contribution < 1.29 is 5.11 Å². The number of aliphatic hydroxyl groups is 1. The Kier molecular flexibility index (Phi) is 4.29. The number of halogens is 1. The van der Waals surface area contributed by atoms with Gasteiger partial charge in [0.05, 0.1) is 6.10 Å². The summed E-state index contributed by atoms with van der Waals surface area (Å²) in [5.74, 6) is 0. The van der Waals surface area contributed by atoms with Gasteiger partial charge in [-0.05, 0) is 41.1 Å². The molecule has 0 aromatic heterocycles. The minimum Gasteiger partial charge on any atom is -0.399 e. The number of thioether (sulfide) groups is 1. The van der Waals surface area contributed by atoms with Crippen LogP contribution in [0, 0.1) is 0 Å². The monoisotopic (exact) mass is 275 g/mol. The summed E-state index contributed by atoms with van der Waals surface area (Å²) in [6, 6.07) is 5.70.